The third-order valence-corrected chi connectivity index (χ3v) is 4.94. The predicted molar refractivity (Wildman–Crippen MR) is 83.7 cm³/mol. The summed E-state index contributed by atoms with van der Waals surface area (Å²) in [6.45, 7) is 0.294. The van der Waals surface area contributed by atoms with Gasteiger partial charge in [0.15, 0.2) is 5.16 Å². The zero-order valence-corrected chi connectivity index (χ0v) is 13.0. The van der Waals surface area contributed by atoms with E-state index in [1.54, 1.807) is 28.8 Å². The number of H-pyrrole nitrogens is 1. The van der Waals surface area contributed by atoms with Crippen molar-refractivity contribution in [1.82, 2.24) is 19.7 Å². The maximum Gasteiger partial charge on any atom is 0.344 e. The molecule has 0 unspecified atom stereocenters. The highest BCUT2D eigenvalue weighted by molar-refractivity contribution is 7.99. The third-order valence-electron chi connectivity index (χ3n) is 4.01. The van der Waals surface area contributed by atoms with Gasteiger partial charge < -0.3 is 0 Å². The van der Waals surface area contributed by atoms with Crippen LogP contribution in [0.3, 0.4) is 0 Å². The van der Waals surface area contributed by atoms with E-state index in [0.717, 1.165) is 12.8 Å². The van der Waals surface area contributed by atoms with Crippen molar-refractivity contribution in [2.24, 2.45) is 0 Å². The molecule has 1 aliphatic heterocycles. The molecule has 1 aromatic heterocycles. The Balaban J connectivity index is 1.44. The number of carbonyl (C=O) groups excluding carboxylic acids is 2. The first-order valence-corrected chi connectivity index (χ1v) is 8.40. The van der Waals surface area contributed by atoms with Gasteiger partial charge >= 0.3 is 5.69 Å². The number of aromatic amines is 1. The van der Waals surface area contributed by atoms with Crippen molar-refractivity contribution in [3.63, 3.8) is 0 Å². The SMILES string of the molecule is O=C1c2ccccc2C(=O)N1CCSc1n[nH]c(=O)n1C1CC1. The zero-order valence-electron chi connectivity index (χ0n) is 12.2. The molecular weight excluding hydrogens is 316 g/mol. The van der Waals surface area contributed by atoms with Gasteiger partial charge in [0.05, 0.1) is 11.1 Å². The number of imide groups is 1. The zero-order chi connectivity index (χ0) is 16.0. The minimum Gasteiger partial charge on any atom is -0.273 e. The number of carbonyl (C=O) groups is 2. The quantitative estimate of drug-likeness (QED) is 0.659. The van der Waals surface area contributed by atoms with Crippen molar-refractivity contribution in [3.05, 3.63) is 45.9 Å². The van der Waals surface area contributed by atoms with Crippen molar-refractivity contribution < 1.29 is 9.59 Å². The highest BCUT2D eigenvalue weighted by Gasteiger charge is 2.35. The van der Waals surface area contributed by atoms with Gasteiger partial charge in [0.1, 0.15) is 0 Å². The fourth-order valence-corrected chi connectivity index (χ4v) is 3.65. The van der Waals surface area contributed by atoms with Gasteiger partial charge in [-0.05, 0) is 25.0 Å². The molecule has 1 fully saturated rings. The van der Waals surface area contributed by atoms with Crippen LogP contribution in [0, 0.1) is 0 Å². The molecule has 1 aliphatic carbocycles. The summed E-state index contributed by atoms with van der Waals surface area (Å²) in [5, 5.41) is 7.10. The van der Waals surface area contributed by atoms with Crippen LogP contribution in [0.4, 0.5) is 0 Å². The molecule has 2 aliphatic rings. The second-order valence-electron chi connectivity index (χ2n) is 5.57. The Kier molecular flexibility index (Phi) is 3.33. The van der Waals surface area contributed by atoms with E-state index < -0.39 is 0 Å². The van der Waals surface area contributed by atoms with E-state index in [2.05, 4.69) is 10.2 Å². The number of nitrogens with zero attached hydrogens (tertiary/aromatic N) is 3. The minimum absolute atomic E-state index is 0.198. The average molecular weight is 330 g/mol. The minimum atomic E-state index is -0.257. The molecule has 23 heavy (non-hydrogen) atoms. The molecule has 0 atom stereocenters. The Morgan fingerprint density at radius 3 is 2.39 bits per heavy atom. The predicted octanol–water partition coefficient (Wildman–Crippen LogP) is 1.29. The molecule has 0 radical (unpaired) electrons. The van der Waals surface area contributed by atoms with Crippen LogP contribution in [-0.4, -0.2) is 43.8 Å². The van der Waals surface area contributed by atoms with E-state index in [1.807, 2.05) is 0 Å². The molecule has 0 saturated heterocycles. The standard InChI is InChI=1S/C15H14N4O3S/c20-12-10-3-1-2-4-11(10)13(21)18(12)7-8-23-15-17-16-14(22)19(15)9-5-6-9/h1-4,9H,5-8H2,(H,16,22). The fraction of sp³-hybridized carbons (Fsp3) is 0.333. The maximum absolute atomic E-state index is 12.3. The van der Waals surface area contributed by atoms with Crippen LogP contribution in [0.25, 0.3) is 0 Å². The number of benzene rings is 1. The Bertz CT molecular complexity index is 817. The summed E-state index contributed by atoms with van der Waals surface area (Å²) in [7, 11) is 0. The first-order valence-electron chi connectivity index (χ1n) is 7.42. The highest BCUT2D eigenvalue weighted by Crippen LogP contribution is 2.36. The topological polar surface area (TPSA) is 88.1 Å². The first kappa shape index (κ1) is 14.3. The average Bonchev–Trinajstić information content (AvgIpc) is 3.29. The van der Waals surface area contributed by atoms with Gasteiger partial charge in [-0.3, -0.25) is 19.1 Å². The number of rotatable bonds is 5. The smallest absolute Gasteiger partial charge is 0.273 e. The second-order valence-corrected chi connectivity index (χ2v) is 6.63. The lowest BCUT2D eigenvalue weighted by Gasteiger charge is -2.13. The number of aromatic nitrogens is 3. The number of thioether (sulfide) groups is 1. The number of hydrogen-bond acceptors (Lipinski definition) is 5. The Labute approximate surface area is 135 Å². The van der Waals surface area contributed by atoms with Gasteiger partial charge in [-0.15, -0.1) is 5.10 Å². The van der Waals surface area contributed by atoms with Crippen molar-refractivity contribution in [3.8, 4) is 0 Å². The highest BCUT2D eigenvalue weighted by atomic mass is 32.2. The largest absolute Gasteiger partial charge is 0.344 e. The molecule has 1 N–H and O–H groups in total. The van der Waals surface area contributed by atoms with Crippen LogP contribution in [0.15, 0.2) is 34.2 Å². The van der Waals surface area contributed by atoms with Gasteiger partial charge in [-0.2, -0.15) is 0 Å². The van der Waals surface area contributed by atoms with Crippen LogP contribution < -0.4 is 5.69 Å². The van der Waals surface area contributed by atoms with Gasteiger partial charge in [-0.1, -0.05) is 23.9 Å². The van der Waals surface area contributed by atoms with Crippen molar-refractivity contribution in [1.29, 1.82) is 0 Å². The third kappa shape index (κ3) is 2.39. The van der Waals surface area contributed by atoms with Gasteiger partial charge in [0.2, 0.25) is 0 Å². The summed E-state index contributed by atoms with van der Waals surface area (Å²) in [6.07, 6.45) is 1.98. The molecule has 0 spiro atoms. The summed E-state index contributed by atoms with van der Waals surface area (Å²) in [5.74, 6) is -0.0109. The van der Waals surface area contributed by atoms with Gasteiger partial charge in [0, 0.05) is 18.3 Å². The van der Waals surface area contributed by atoms with E-state index in [1.165, 1.54) is 16.7 Å². The monoisotopic (exact) mass is 330 g/mol. The van der Waals surface area contributed by atoms with Crippen LogP contribution >= 0.6 is 11.8 Å². The molecule has 118 valence electrons. The van der Waals surface area contributed by atoms with Crippen LogP contribution in [0.2, 0.25) is 0 Å². The number of hydrogen-bond donors (Lipinski definition) is 1. The number of nitrogens with one attached hydrogen (secondary N) is 1. The summed E-state index contributed by atoms with van der Waals surface area (Å²) in [6, 6.07) is 7.08. The Morgan fingerprint density at radius 2 is 1.78 bits per heavy atom. The summed E-state index contributed by atoms with van der Waals surface area (Å²) >= 11 is 1.38. The molecule has 2 aromatic rings. The molecule has 7 nitrogen and oxygen atoms in total. The molecular formula is C15H14N4O3S. The second kappa shape index (κ2) is 5.38. The lowest BCUT2D eigenvalue weighted by atomic mass is 10.1. The van der Waals surface area contributed by atoms with Crippen LogP contribution in [0.1, 0.15) is 39.6 Å². The van der Waals surface area contributed by atoms with Gasteiger partial charge in [-0.25, -0.2) is 9.89 Å². The molecule has 1 saturated carbocycles. The Morgan fingerprint density at radius 1 is 1.13 bits per heavy atom. The summed E-state index contributed by atoms with van der Waals surface area (Å²) in [4.78, 5) is 37.5. The molecule has 1 aromatic carbocycles. The summed E-state index contributed by atoms with van der Waals surface area (Å²) in [5.41, 5.74) is 0.713. The van der Waals surface area contributed by atoms with E-state index in [-0.39, 0.29) is 23.5 Å². The van der Waals surface area contributed by atoms with Crippen LogP contribution in [-0.2, 0) is 0 Å². The van der Waals surface area contributed by atoms with E-state index >= 15 is 0 Å². The molecule has 0 bridgehead atoms. The normalized spacial score (nSPS) is 17.0. The van der Waals surface area contributed by atoms with Crippen LogP contribution in [0.5, 0.6) is 0 Å². The maximum atomic E-state index is 12.3. The number of fused-ring (bicyclic) bond motifs is 1. The summed E-state index contributed by atoms with van der Waals surface area (Å²) < 4.78 is 1.66. The Hall–Kier alpha value is -2.35. The van der Waals surface area contributed by atoms with Crippen molar-refractivity contribution in [2.45, 2.75) is 24.0 Å². The van der Waals surface area contributed by atoms with Gasteiger partial charge in [0.25, 0.3) is 11.8 Å². The van der Waals surface area contributed by atoms with E-state index in [9.17, 15) is 14.4 Å². The molecule has 2 amide bonds. The molecule has 4 rings (SSSR count). The lowest BCUT2D eigenvalue weighted by Crippen LogP contribution is -2.31. The van der Waals surface area contributed by atoms with Crippen molar-refractivity contribution in [2.75, 3.05) is 12.3 Å². The molecule has 8 heteroatoms. The fourth-order valence-electron chi connectivity index (χ4n) is 2.72. The number of amides is 2. The van der Waals surface area contributed by atoms with Crippen molar-refractivity contribution >= 4 is 23.6 Å². The molecule has 2 heterocycles. The first-order chi connectivity index (χ1) is 11.2. The van der Waals surface area contributed by atoms with E-state index in [4.69, 9.17) is 0 Å². The van der Waals surface area contributed by atoms with E-state index in [0.29, 0.717) is 28.6 Å². The lowest BCUT2D eigenvalue weighted by molar-refractivity contribution is 0.0664.